The second-order valence-electron chi connectivity index (χ2n) is 8.41. The van der Waals surface area contributed by atoms with Crippen molar-refractivity contribution in [2.24, 2.45) is 0 Å². The molecule has 36 heavy (non-hydrogen) atoms. The Hall–Kier alpha value is -3.07. The number of sulfonamides is 1. The van der Waals surface area contributed by atoms with Gasteiger partial charge in [0, 0.05) is 36.1 Å². The maximum Gasteiger partial charge on any atom is 0.264 e. The van der Waals surface area contributed by atoms with Gasteiger partial charge in [-0.25, -0.2) is 8.42 Å². The zero-order valence-electron chi connectivity index (χ0n) is 19.4. The van der Waals surface area contributed by atoms with E-state index in [0.717, 1.165) is 28.4 Å². The van der Waals surface area contributed by atoms with E-state index in [1.165, 1.54) is 30.3 Å². The Morgan fingerprint density at radius 2 is 1.67 bits per heavy atom. The molecule has 1 N–H and O–H groups in total. The molecule has 7 nitrogen and oxygen atoms in total. The van der Waals surface area contributed by atoms with Gasteiger partial charge in [-0.05, 0) is 60.0 Å². The number of nitrogens with zero attached hydrogens (tertiary/aromatic N) is 2. The molecule has 10 heteroatoms. The van der Waals surface area contributed by atoms with Gasteiger partial charge in [-0.1, -0.05) is 53.5 Å². The van der Waals surface area contributed by atoms with Crippen molar-refractivity contribution in [1.82, 2.24) is 10.2 Å². The minimum atomic E-state index is -4.08. The molecule has 0 saturated carbocycles. The molecule has 1 saturated heterocycles. The van der Waals surface area contributed by atoms with Crippen LogP contribution in [-0.4, -0.2) is 38.2 Å². The van der Waals surface area contributed by atoms with Crippen molar-refractivity contribution < 1.29 is 18.0 Å². The number of nitrogens with one attached hydrogen (secondary N) is 1. The minimum Gasteiger partial charge on any atom is -0.350 e. The summed E-state index contributed by atoms with van der Waals surface area (Å²) in [5.74, 6) is -0.363. The van der Waals surface area contributed by atoms with Crippen LogP contribution in [0.25, 0.3) is 0 Å². The van der Waals surface area contributed by atoms with E-state index in [2.05, 4.69) is 5.32 Å². The molecule has 3 aromatic rings. The highest BCUT2D eigenvalue weighted by atomic mass is 35.5. The third-order valence-corrected chi connectivity index (χ3v) is 8.19. The Morgan fingerprint density at radius 1 is 0.944 bits per heavy atom. The van der Waals surface area contributed by atoms with Gasteiger partial charge in [0.25, 0.3) is 10.0 Å². The maximum atomic E-state index is 13.5. The fraction of sp³-hybridized carbons (Fsp3) is 0.231. The SMILES string of the molecule is O=C(CN(c1cccc(Cl)c1)S(=O)(=O)c1ccc(Cl)cc1)NCc1ccccc1CN1CCCC1=O. The predicted octanol–water partition coefficient (Wildman–Crippen LogP) is 4.63. The number of hydrogen-bond acceptors (Lipinski definition) is 4. The standard InChI is InChI=1S/C26H25Cl2N3O4S/c27-21-10-12-24(13-11-21)36(34,35)31(23-8-3-7-22(28)15-23)18-25(32)29-16-19-5-1-2-6-20(19)17-30-14-4-9-26(30)33/h1-3,5-8,10-13,15H,4,9,14,16-18H2,(H,29,32). The first kappa shape index (κ1) is 26.0. The number of amides is 2. The van der Waals surface area contributed by atoms with Gasteiger partial charge in [-0.3, -0.25) is 13.9 Å². The van der Waals surface area contributed by atoms with Crippen LogP contribution in [0.4, 0.5) is 5.69 Å². The summed E-state index contributed by atoms with van der Waals surface area (Å²) in [6.07, 6.45) is 1.40. The van der Waals surface area contributed by atoms with Gasteiger partial charge < -0.3 is 10.2 Å². The lowest BCUT2D eigenvalue weighted by Crippen LogP contribution is -2.40. The van der Waals surface area contributed by atoms with Crippen LogP contribution in [-0.2, 0) is 32.7 Å². The quantitative estimate of drug-likeness (QED) is 0.424. The first-order valence-electron chi connectivity index (χ1n) is 11.4. The number of anilines is 1. The number of likely N-dealkylation sites (tertiary alicyclic amines) is 1. The van der Waals surface area contributed by atoms with Crippen LogP contribution in [0.2, 0.25) is 10.0 Å². The van der Waals surface area contributed by atoms with Gasteiger partial charge in [-0.2, -0.15) is 0 Å². The number of carbonyl (C=O) groups excluding carboxylic acids is 2. The Labute approximate surface area is 220 Å². The van der Waals surface area contributed by atoms with Crippen LogP contribution >= 0.6 is 23.2 Å². The molecular formula is C26H25Cl2N3O4S. The van der Waals surface area contributed by atoms with Crippen LogP contribution in [0.15, 0.2) is 77.7 Å². The van der Waals surface area contributed by atoms with Gasteiger partial charge in [0.1, 0.15) is 6.54 Å². The minimum absolute atomic E-state index is 0.000279. The molecule has 4 rings (SSSR count). The topological polar surface area (TPSA) is 86.8 Å². The normalized spacial score (nSPS) is 13.6. The molecule has 1 aliphatic heterocycles. The van der Waals surface area contributed by atoms with Crippen LogP contribution in [0.1, 0.15) is 24.0 Å². The first-order valence-corrected chi connectivity index (χ1v) is 13.6. The molecule has 3 aromatic carbocycles. The van der Waals surface area contributed by atoms with Crippen LogP contribution in [0.3, 0.4) is 0 Å². The first-order chi connectivity index (χ1) is 17.2. The fourth-order valence-corrected chi connectivity index (χ4v) is 5.74. The molecule has 1 aliphatic rings. The summed E-state index contributed by atoms with van der Waals surface area (Å²) in [6, 6.07) is 19.6. The van der Waals surface area contributed by atoms with Gasteiger partial charge in [0.05, 0.1) is 10.6 Å². The molecule has 0 radical (unpaired) electrons. The average molecular weight is 546 g/mol. The van der Waals surface area contributed by atoms with Crippen molar-refractivity contribution in [1.29, 1.82) is 0 Å². The Balaban J connectivity index is 1.52. The monoisotopic (exact) mass is 545 g/mol. The molecule has 0 unspecified atom stereocenters. The largest absolute Gasteiger partial charge is 0.350 e. The second-order valence-corrected chi connectivity index (χ2v) is 11.1. The van der Waals surface area contributed by atoms with Crippen molar-refractivity contribution in [3.8, 4) is 0 Å². The lowest BCUT2D eigenvalue weighted by molar-refractivity contribution is -0.128. The molecule has 0 aromatic heterocycles. The second kappa shape index (κ2) is 11.3. The Kier molecular flexibility index (Phi) is 8.18. The highest BCUT2D eigenvalue weighted by Crippen LogP contribution is 2.27. The summed E-state index contributed by atoms with van der Waals surface area (Å²) in [4.78, 5) is 26.8. The molecular weight excluding hydrogens is 521 g/mol. The van der Waals surface area contributed by atoms with Crippen molar-refractivity contribution in [3.63, 3.8) is 0 Å². The number of benzene rings is 3. The molecule has 1 fully saturated rings. The average Bonchev–Trinajstić information content (AvgIpc) is 3.26. The summed E-state index contributed by atoms with van der Waals surface area (Å²) < 4.78 is 28.0. The van der Waals surface area contributed by atoms with E-state index in [1.807, 2.05) is 24.3 Å². The summed E-state index contributed by atoms with van der Waals surface area (Å²) in [5, 5.41) is 3.56. The van der Waals surface area contributed by atoms with E-state index in [-0.39, 0.29) is 23.0 Å². The number of halogens is 2. The summed E-state index contributed by atoms with van der Waals surface area (Å²) >= 11 is 12.0. The van der Waals surface area contributed by atoms with E-state index in [4.69, 9.17) is 23.2 Å². The van der Waals surface area contributed by atoms with Crippen molar-refractivity contribution >= 4 is 50.7 Å². The Bertz CT molecular complexity index is 1360. The van der Waals surface area contributed by atoms with Gasteiger partial charge in [-0.15, -0.1) is 0 Å². The van der Waals surface area contributed by atoms with E-state index in [0.29, 0.717) is 23.0 Å². The maximum absolute atomic E-state index is 13.5. The zero-order valence-corrected chi connectivity index (χ0v) is 21.7. The number of carbonyl (C=O) groups is 2. The van der Waals surface area contributed by atoms with E-state index in [9.17, 15) is 18.0 Å². The molecule has 188 valence electrons. The van der Waals surface area contributed by atoms with E-state index >= 15 is 0 Å². The van der Waals surface area contributed by atoms with Crippen molar-refractivity contribution in [2.45, 2.75) is 30.8 Å². The zero-order chi connectivity index (χ0) is 25.7. The lowest BCUT2D eigenvalue weighted by Gasteiger charge is -2.24. The fourth-order valence-electron chi connectivity index (χ4n) is 4.02. The van der Waals surface area contributed by atoms with E-state index in [1.54, 1.807) is 23.1 Å². The predicted molar refractivity (Wildman–Crippen MR) is 140 cm³/mol. The lowest BCUT2D eigenvalue weighted by atomic mass is 10.1. The Morgan fingerprint density at radius 3 is 2.33 bits per heavy atom. The molecule has 2 amide bonds. The van der Waals surface area contributed by atoms with Crippen molar-refractivity contribution in [3.05, 3.63) is 94.0 Å². The third kappa shape index (κ3) is 6.19. The molecule has 0 atom stereocenters. The van der Waals surface area contributed by atoms with Crippen LogP contribution < -0.4 is 9.62 Å². The number of rotatable bonds is 9. The smallest absolute Gasteiger partial charge is 0.264 e. The summed E-state index contributed by atoms with van der Waals surface area (Å²) in [5.41, 5.74) is 2.06. The van der Waals surface area contributed by atoms with Crippen molar-refractivity contribution in [2.75, 3.05) is 17.4 Å². The van der Waals surface area contributed by atoms with E-state index < -0.39 is 22.5 Å². The van der Waals surface area contributed by atoms with Gasteiger partial charge in [0.15, 0.2) is 0 Å². The molecule has 0 bridgehead atoms. The van der Waals surface area contributed by atoms with Gasteiger partial charge in [0.2, 0.25) is 11.8 Å². The molecule has 1 heterocycles. The van der Waals surface area contributed by atoms with Crippen LogP contribution in [0, 0.1) is 0 Å². The third-order valence-electron chi connectivity index (χ3n) is 5.91. The molecule has 0 aliphatic carbocycles. The summed E-state index contributed by atoms with van der Waals surface area (Å²) in [6.45, 7) is 0.945. The number of hydrogen-bond donors (Lipinski definition) is 1. The highest BCUT2D eigenvalue weighted by Gasteiger charge is 2.27. The summed E-state index contributed by atoms with van der Waals surface area (Å²) in [7, 11) is -4.08. The van der Waals surface area contributed by atoms with Crippen LogP contribution in [0.5, 0.6) is 0 Å². The van der Waals surface area contributed by atoms with Gasteiger partial charge >= 0.3 is 0 Å². The highest BCUT2D eigenvalue weighted by molar-refractivity contribution is 7.92. The molecule has 0 spiro atoms.